The lowest BCUT2D eigenvalue weighted by Crippen LogP contribution is -2.37. The van der Waals surface area contributed by atoms with Crippen molar-refractivity contribution in [3.63, 3.8) is 0 Å². The summed E-state index contributed by atoms with van der Waals surface area (Å²) in [6.45, 7) is 0. The predicted molar refractivity (Wildman–Crippen MR) is 65.5 cm³/mol. The Morgan fingerprint density at radius 2 is 1.94 bits per heavy atom. The standard InChI is InChI=1S/C11H7Cl2NO.CH4/c12-7-5-15-11-9(7)10(13)6-3-1-2-4-8(6)14-11;/h1-5,9,11H;1H4. The summed E-state index contributed by atoms with van der Waals surface area (Å²) in [5.41, 5.74) is 0. The predicted octanol–water partition coefficient (Wildman–Crippen LogP) is 2.36. The van der Waals surface area contributed by atoms with Crippen molar-refractivity contribution in [2.75, 3.05) is 0 Å². The summed E-state index contributed by atoms with van der Waals surface area (Å²) in [6.07, 6.45) is 1.23. The van der Waals surface area contributed by atoms with Gasteiger partial charge in [0.15, 0.2) is 0 Å². The molecule has 2 unspecified atom stereocenters. The van der Waals surface area contributed by atoms with Gasteiger partial charge in [0, 0.05) is 10.3 Å². The fraction of sp³-hybridized carbons (Fsp3) is 0.250. The van der Waals surface area contributed by atoms with Gasteiger partial charge in [0.25, 0.3) is 0 Å². The molecule has 0 fully saturated rings. The average molecular weight is 256 g/mol. The van der Waals surface area contributed by atoms with Crippen molar-refractivity contribution in [3.8, 4) is 0 Å². The summed E-state index contributed by atoms with van der Waals surface area (Å²) in [4.78, 5) is 4.44. The number of hydrogen-bond acceptors (Lipinski definition) is 2. The molecule has 1 aromatic rings. The van der Waals surface area contributed by atoms with Crippen LogP contribution in [0.25, 0.3) is 5.03 Å². The number of benzene rings is 1. The lowest BCUT2D eigenvalue weighted by atomic mass is 10.0. The summed E-state index contributed by atoms with van der Waals surface area (Å²) >= 11 is 12.3. The molecule has 2 heterocycles. The van der Waals surface area contributed by atoms with Crippen molar-refractivity contribution in [1.29, 1.82) is 0 Å². The van der Waals surface area contributed by atoms with Crippen LogP contribution in [0.15, 0.2) is 40.6 Å². The molecule has 2 aliphatic heterocycles. The fourth-order valence-electron chi connectivity index (χ4n) is 1.87. The lowest BCUT2D eigenvalue weighted by molar-refractivity contribution is 0.155. The Balaban J connectivity index is 0.000000963. The van der Waals surface area contributed by atoms with E-state index in [2.05, 4.69) is 4.99 Å². The molecule has 1 aromatic carbocycles. The second-order valence-corrected chi connectivity index (χ2v) is 4.34. The molecule has 0 bridgehead atoms. The normalized spacial score (nSPS) is 25.6. The topological polar surface area (TPSA) is 21.6 Å². The van der Waals surface area contributed by atoms with Crippen molar-refractivity contribution < 1.29 is 4.74 Å². The Morgan fingerprint density at radius 1 is 1.19 bits per heavy atom. The van der Waals surface area contributed by atoms with Gasteiger partial charge in [-0.1, -0.05) is 48.8 Å². The summed E-state index contributed by atoms with van der Waals surface area (Å²) in [5.74, 6) is -0.122. The highest BCUT2D eigenvalue weighted by Crippen LogP contribution is 2.37. The third-order valence-corrected chi connectivity index (χ3v) is 3.37. The van der Waals surface area contributed by atoms with Crippen molar-refractivity contribution in [2.24, 2.45) is 10.9 Å². The van der Waals surface area contributed by atoms with Crippen molar-refractivity contribution >= 4 is 28.2 Å². The van der Waals surface area contributed by atoms with Crippen LogP contribution in [0.3, 0.4) is 0 Å². The monoisotopic (exact) mass is 255 g/mol. The molecular formula is C12H11Cl2NO. The van der Waals surface area contributed by atoms with E-state index < -0.39 is 0 Å². The number of halogens is 2. The Kier molecular flexibility index (Phi) is 2.96. The molecule has 16 heavy (non-hydrogen) atoms. The van der Waals surface area contributed by atoms with Crippen LogP contribution in [0.1, 0.15) is 7.43 Å². The number of para-hydroxylation sites is 1. The van der Waals surface area contributed by atoms with Gasteiger partial charge in [-0.05, 0) is 6.07 Å². The summed E-state index contributed by atoms with van der Waals surface area (Å²) in [7, 11) is 0. The van der Waals surface area contributed by atoms with Crippen LogP contribution in [0.4, 0.5) is 0 Å². The molecule has 2 nitrogen and oxygen atoms in total. The van der Waals surface area contributed by atoms with Crippen LogP contribution < -0.4 is 10.6 Å². The van der Waals surface area contributed by atoms with Gasteiger partial charge in [-0.15, -0.1) is 0 Å². The first-order chi connectivity index (χ1) is 7.27. The van der Waals surface area contributed by atoms with E-state index >= 15 is 0 Å². The van der Waals surface area contributed by atoms with Gasteiger partial charge in [0.2, 0.25) is 6.23 Å². The third-order valence-electron chi connectivity index (χ3n) is 2.60. The van der Waals surface area contributed by atoms with Crippen molar-refractivity contribution in [3.05, 3.63) is 46.1 Å². The molecule has 0 aliphatic carbocycles. The molecule has 4 heteroatoms. The van der Waals surface area contributed by atoms with Crippen molar-refractivity contribution in [2.45, 2.75) is 13.7 Å². The van der Waals surface area contributed by atoms with E-state index in [1.165, 1.54) is 6.26 Å². The Labute approximate surface area is 104 Å². The van der Waals surface area contributed by atoms with E-state index in [1.54, 1.807) is 0 Å². The third kappa shape index (κ3) is 1.53. The number of nitrogens with zero attached hydrogens (tertiary/aromatic N) is 1. The molecule has 0 saturated carbocycles. The Morgan fingerprint density at radius 3 is 2.75 bits per heavy atom. The van der Waals surface area contributed by atoms with Crippen LogP contribution in [0.2, 0.25) is 0 Å². The van der Waals surface area contributed by atoms with E-state index in [0.29, 0.717) is 10.1 Å². The fourth-order valence-corrected chi connectivity index (χ4v) is 2.58. The minimum atomic E-state index is -0.292. The quantitative estimate of drug-likeness (QED) is 0.698. The second-order valence-electron chi connectivity index (χ2n) is 3.50. The Bertz CT molecular complexity index is 565. The van der Waals surface area contributed by atoms with Gasteiger partial charge in [-0.3, -0.25) is 0 Å². The first-order valence-electron chi connectivity index (χ1n) is 4.61. The van der Waals surface area contributed by atoms with Crippen LogP contribution in [0.5, 0.6) is 0 Å². The van der Waals surface area contributed by atoms with Gasteiger partial charge >= 0.3 is 0 Å². The van der Waals surface area contributed by atoms with Gasteiger partial charge in [-0.2, -0.15) is 0 Å². The molecule has 0 spiro atoms. The van der Waals surface area contributed by atoms with Crippen LogP contribution >= 0.6 is 23.2 Å². The smallest absolute Gasteiger partial charge is 0.202 e. The first kappa shape index (κ1) is 11.5. The molecule has 0 N–H and O–H groups in total. The molecule has 0 saturated heterocycles. The number of fused-ring (bicyclic) bond motifs is 2. The van der Waals surface area contributed by atoms with Gasteiger partial charge < -0.3 is 4.74 Å². The number of hydrogen-bond donors (Lipinski definition) is 0. The van der Waals surface area contributed by atoms with Gasteiger partial charge in [0.05, 0.1) is 16.3 Å². The van der Waals surface area contributed by atoms with Gasteiger partial charge in [-0.25, -0.2) is 4.99 Å². The maximum Gasteiger partial charge on any atom is 0.202 e. The molecule has 2 aliphatic rings. The molecule has 0 aromatic heterocycles. The molecule has 84 valence electrons. The minimum absolute atomic E-state index is 0. The SMILES string of the molecule is C.ClC1=COC2N=c3ccccc3=C(Cl)C12. The van der Waals surface area contributed by atoms with E-state index in [4.69, 9.17) is 27.9 Å². The maximum absolute atomic E-state index is 6.29. The molecule has 0 amide bonds. The highest BCUT2D eigenvalue weighted by atomic mass is 35.5. The molecule has 2 atom stereocenters. The maximum atomic E-state index is 6.29. The van der Waals surface area contributed by atoms with E-state index in [0.717, 1.165) is 10.6 Å². The largest absolute Gasteiger partial charge is 0.474 e. The zero-order chi connectivity index (χ0) is 10.4. The summed E-state index contributed by atoms with van der Waals surface area (Å²) in [5, 5.41) is 3.13. The molecular weight excluding hydrogens is 245 g/mol. The summed E-state index contributed by atoms with van der Waals surface area (Å²) in [6, 6.07) is 7.73. The van der Waals surface area contributed by atoms with Crippen LogP contribution in [-0.4, -0.2) is 6.23 Å². The van der Waals surface area contributed by atoms with Crippen LogP contribution in [0, 0.1) is 5.92 Å². The number of rotatable bonds is 0. The highest BCUT2D eigenvalue weighted by molar-refractivity contribution is 6.47. The highest BCUT2D eigenvalue weighted by Gasteiger charge is 2.35. The average Bonchev–Trinajstić information content (AvgIpc) is 2.61. The lowest BCUT2D eigenvalue weighted by Gasteiger charge is -2.18. The van der Waals surface area contributed by atoms with Crippen molar-refractivity contribution in [1.82, 2.24) is 0 Å². The second kappa shape index (κ2) is 4.11. The molecule has 3 rings (SSSR count). The van der Waals surface area contributed by atoms with E-state index in [9.17, 15) is 0 Å². The first-order valence-corrected chi connectivity index (χ1v) is 5.36. The Hall–Kier alpha value is -0.990. The minimum Gasteiger partial charge on any atom is -0.474 e. The van der Waals surface area contributed by atoms with Gasteiger partial charge in [0.1, 0.15) is 6.26 Å². The zero-order valence-corrected chi connectivity index (χ0v) is 9.16. The van der Waals surface area contributed by atoms with E-state index in [-0.39, 0.29) is 19.6 Å². The van der Waals surface area contributed by atoms with Crippen LogP contribution in [-0.2, 0) is 4.74 Å². The van der Waals surface area contributed by atoms with E-state index in [1.807, 2.05) is 24.3 Å². The molecule has 0 radical (unpaired) electrons. The zero-order valence-electron chi connectivity index (χ0n) is 7.65. The summed E-state index contributed by atoms with van der Waals surface area (Å²) < 4.78 is 5.33. The number of ether oxygens (including phenoxy) is 1.